The lowest BCUT2D eigenvalue weighted by Crippen LogP contribution is -2.47. The van der Waals surface area contributed by atoms with Crippen LogP contribution in [0.15, 0.2) is 29.4 Å². The average Bonchev–Trinajstić information content (AvgIpc) is 3.24. The number of aliphatic imine (C=N–C) groups is 1. The Morgan fingerprint density at radius 1 is 1.33 bits per heavy atom. The van der Waals surface area contributed by atoms with Gasteiger partial charge in [-0.3, -0.25) is 9.39 Å². The summed E-state index contributed by atoms with van der Waals surface area (Å²) in [5.74, 6) is 3.67. The highest BCUT2D eigenvalue weighted by Gasteiger charge is 2.21. The summed E-state index contributed by atoms with van der Waals surface area (Å²) in [6, 6.07) is 6.20. The van der Waals surface area contributed by atoms with Crippen LogP contribution in [0.2, 0.25) is 0 Å². The van der Waals surface area contributed by atoms with Gasteiger partial charge in [0, 0.05) is 38.2 Å². The number of nitrogens with zero attached hydrogens (tertiary/aromatic N) is 7. The molecule has 3 aromatic rings. The number of aromatic nitrogens is 6. The van der Waals surface area contributed by atoms with Crippen molar-refractivity contribution in [2.24, 2.45) is 4.99 Å². The Hall–Kier alpha value is -2.97. The summed E-state index contributed by atoms with van der Waals surface area (Å²) in [6.07, 6.45) is 4.68. The smallest absolute Gasteiger partial charge is 0.191 e. The summed E-state index contributed by atoms with van der Waals surface area (Å²) < 4.78 is 4.01. The van der Waals surface area contributed by atoms with Gasteiger partial charge in [-0.1, -0.05) is 6.07 Å². The van der Waals surface area contributed by atoms with Crippen molar-refractivity contribution in [1.82, 2.24) is 40.0 Å². The molecule has 1 aliphatic rings. The van der Waals surface area contributed by atoms with Crippen molar-refractivity contribution < 1.29 is 0 Å². The molecule has 1 atom stereocenters. The first kappa shape index (κ1) is 17.4. The minimum atomic E-state index is 0.297. The second-order valence-corrected chi connectivity index (χ2v) is 6.69. The number of aryl methyl sites for hydroxylation is 2. The van der Waals surface area contributed by atoms with Crippen molar-refractivity contribution in [3.05, 3.63) is 41.9 Å². The van der Waals surface area contributed by atoms with Crippen molar-refractivity contribution in [3.63, 3.8) is 0 Å². The molecule has 4 heterocycles. The second kappa shape index (κ2) is 7.73. The van der Waals surface area contributed by atoms with Crippen molar-refractivity contribution in [3.8, 4) is 0 Å². The zero-order valence-corrected chi connectivity index (χ0v) is 15.8. The Kier molecular flexibility index (Phi) is 4.99. The molecule has 1 aliphatic heterocycles. The molecular weight excluding hydrogens is 342 g/mol. The van der Waals surface area contributed by atoms with Crippen LogP contribution < -0.4 is 10.6 Å². The lowest BCUT2D eigenvalue weighted by molar-refractivity contribution is 0.392. The third kappa shape index (κ3) is 3.91. The molecule has 0 fully saturated rings. The molecule has 9 nitrogen and oxygen atoms in total. The molecule has 4 rings (SSSR count). The first-order valence-electron chi connectivity index (χ1n) is 9.46. The van der Waals surface area contributed by atoms with Crippen LogP contribution >= 0.6 is 0 Å². The molecule has 27 heavy (non-hydrogen) atoms. The quantitative estimate of drug-likeness (QED) is 0.510. The Morgan fingerprint density at radius 3 is 3.15 bits per heavy atom. The highest BCUT2D eigenvalue weighted by Crippen LogP contribution is 2.12. The normalized spacial score (nSPS) is 17.1. The highest BCUT2D eigenvalue weighted by molar-refractivity contribution is 5.80. The first-order chi connectivity index (χ1) is 13.2. The largest absolute Gasteiger partial charge is 0.357 e. The van der Waals surface area contributed by atoms with Crippen molar-refractivity contribution in [1.29, 1.82) is 0 Å². The molecule has 0 radical (unpaired) electrons. The molecule has 2 N–H and O–H groups in total. The maximum atomic E-state index is 4.72. The number of pyridine rings is 1. The molecule has 0 aliphatic carbocycles. The van der Waals surface area contributed by atoms with E-state index in [1.807, 2.05) is 40.4 Å². The van der Waals surface area contributed by atoms with E-state index in [1.165, 1.54) is 0 Å². The van der Waals surface area contributed by atoms with Gasteiger partial charge in [0.25, 0.3) is 0 Å². The highest BCUT2D eigenvalue weighted by atomic mass is 15.4. The lowest BCUT2D eigenvalue weighted by Gasteiger charge is -2.25. The maximum Gasteiger partial charge on any atom is 0.191 e. The van der Waals surface area contributed by atoms with Gasteiger partial charge in [0.15, 0.2) is 11.6 Å². The van der Waals surface area contributed by atoms with Crippen LogP contribution in [-0.4, -0.2) is 54.5 Å². The Morgan fingerprint density at radius 2 is 2.26 bits per heavy atom. The third-order valence-corrected chi connectivity index (χ3v) is 4.64. The van der Waals surface area contributed by atoms with Crippen LogP contribution in [0, 0.1) is 6.92 Å². The molecular formula is C18H25N9. The zero-order chi connectivity index (χ0) is 18.6. The van der Waals surface area contributed by atoms with Gasteiger partial charge in [-0.15, -0.1) is 10.2 Å². The SMILES string of the molecule is CCNC(=NCCc1nnc2ccccn12)NC1CCc2nc(C)nn2C1. The van der Waals surface area contributed by atoms with Crippen LogP contribution in [-0.2, 0) is 19.4 Å². The number of hydrogen-bond acceptors (Lipinski definition) is 5. The van der Waals surface area contributed by atoms with E-state index < -0.39 is 0 Å². The van der Waals surface area contributed by atoms with Gasteiger partial charge in [-0.05, 0) is 32.4 Å². The monoisotopic (exact) mass is 367 g/mol. The van der Waals surface area contributed by atoms with E-state index in [0.717, 1.165) is 61.4 Å². The van der Waals surface area contributed by atoms with Gasteiger partial charge in [0.2, 0.25) is 0 Å². The molecule has 0 saturated carbocycles. The van der Waals surface area contributed by atoms with Crippen LogP contribution in [0.4, 0.5) is 0 Å². The molecule has 0 amide bonds. The number of hydrogen-bond donors (Lipinski definition) is 2. The van der Waals surface area contributed by atoms with E-state index >= 15 is 0 Å². The molecule has 3 aromatic heterocycles. The van der Waals surface area contributed by atoms with Gasteiger partial charge < -0.3 is 10.6 Å². The van der Waals surface area contributed by atoms with E-state index in [9.17, 15) is 0 Å². The van der Waals surface area contributed by atoms with Gasteiger partial charge in [0.05, 0.1) is 6.54 Å². The first-order valence-corrected chi connectivity index (χ1v) is 9.46. The predicted molar refractivity (Wildman–Crippen MR) is 103 cm³/mol. The van der Waals surface area contributed by atoms with Crippen molar-refractivity contribution in [2.45, 2.75) is 45.7 Å². The molecule has 0 spiro atoms. The molecule has 0 saturated heterocycles. The Balaban J connectivity index is 1.38. The van der Waals surface area contributed by atoms with Crippen LogP contribution in [0.1, 0.15) is 30.8 Å². The topological polar surface area (TPSA) is 97.3 Å². The summed E-state index contributed by atoms with van der Waals surface area (Å²) in [6.45, 7) is 6.29. The molecule has 142 valence electrons. The minimum Gasteiger partial charge on any atom is -0.357 e. The van der Waals surface area contributed by atoms with Crippen LogP contribution in [0.3, 0.4) is 0 Å². The zero-order valence-electron chi connectivity index (χ0n) is 15.8. The fourth-order valence-corrected chi connectivity index (χ4v) is 3.39. The van der Waals surface area contributed by atoms with E-state index in [0.29, 0.717) is 12.6 Å². The fraction of sp³-hybridized carbons (Fsp3) is 0.500. The lowest BCUT2D eigenvalue weighted by atomic mass is 10.1. The molecule has 0 bridgehead atoms. The second-order valence-electron chi connectivity index (χ2n) is 6.69. The van der Waals surface area contributed by atoms with E-state index in [2.05, 4.69) is 37.8 Å². The minimum absolute atomic E-state index is 0.297. The van der Waals surface area contributed by atoms with Crippen molar-refractivity contribution in [2.75, 3.05) is 13.1 Å². The number of nitrogens with one attached hydrogen (secondary N) is 2. The van der Waals surface area contributed by atoms with E-state index in [1.54, 1.807) is 0 Å². The van der Waals surface area contributed by atoms with Gasteiger partial charge in [-0.25, -0.2) is 9.67 Å². The van der Waals surface area contributed by atoms with Crippen LogP contribution in [0.25, 0.3) is 5.65 Å². The molecule has 9 heteroatoms. The van der Waals surface area contributed by atoms with Gasteiger partial charge in [-0.2, -0.15) is 5.10 Å². The van der Waals surface area contributed by atoms with E-state index in [4.69, 9.17) is 4.99 Å². The number of guanidine groups is 1. The average molecular weight is 367 g/mol. The molecule has 0 aromatic carbocycles. The predicted octanol–water partition coefficient (Wildman–Crippen LogP) is 0.742. The summed E-state index contributed by atoms with van der Waals surface area (Å²) in [5.41, 5.74) is 0.864. The Bertz CT molecular complexity index is 939. The third-order valence-electron chi connectivity index (χ3n) is 4.64. The van der Waals surface area contributed by atoms with Gasteiger partial charge >= 0.3 is 0 Å². The summed E-state index contributed by atoms with van der Waals surface area (Å²) in [7, 11) is 0. The van der Waals surface area contributed by atoms with Gasteiger partial charge in [0.1, 0.15) is 17.5 Å². The van der Waals surface area contributed by atoms with E-state index in [-0.39, 0.29) is 0 Å². The summed E-state index contributed by atoms with van der Waals surface area (Å²) in [4.78, 5) is 9.19. The fourth-order valence-electron chi connectivity index (χ4n) is 3.39. The van der Waals surface area contributed by atoms with Crippen LogP contribution in [0.5, 0.6) is 0 Å². The number of rotatable bonds is 5. The molecule has 1 unspecified atom stereocenters. The summed E-state index contributed by atoms with van der Waals surface area (Å²) >= 11 is 0. The van der Waals surface area contributed by atoms with Crippen molar-refractivity contribution >= 4 is 11.6 Å². The Labute approximate surface area is 157 Å². The maximum absolute atomic E-state index is 4.72. The summed E-state index contributed by atoms with van der Waals surface area (Å²) in [5, 5.41) is 19.8. The standard InChI is InChI=1S/C18H25N9/c1-3-19-18(22-14-7-8-15-21-13(2)25-27(15)12-14)20-10-9-17-24-23-16-6-4-5-11-26(16)17/h4-6,11,14H,3,7-10,12H2,1-2H3,(H2,19,20,22). The number of fused-ring (bicyclic) bond motifs is 2.